The van der Waals surface area contributed by atoms with Crippen molar-refractivity contribution in [1.82, 2.24) is 5.32 Å². The first kappa shape index (κ1) is 17.0. The molecule has 0 bridgehead atoms. The van der Waals surface area contributed by atoms with Gasteiger partial charge in [-0.3, -0.25) is 9.79 Å². The molecule has 2 aromatic carbocycles. The largest absolute Gasteiger partial charge is 0.323 e. The summed E-state index contributed by atoms with van der Waals surface area (Å²) in [7, 11) is 0. The molecule has 2 heterocycles. The molecule has 4 rings (SSSR count). The van der Waals surface area contributed by atoms with E-state index in [9.17, 15) is 4.79 Å². The van der Waals surface area contributed by atoms with Crippen molar-refractivity contribution in [1.29, 1.82) is 0 Å². The van der Waals surface area contributed by atoms with Gasteiger partial charge in [-0.2, -0.15) is 0 Å². The van der Waals surface area contributed by atoms with E-state index < -0.39 is 5.54 Å². The molecule has 0 unspecified atom stereocenters. The van der Waals surface area contributed by atoms with E-state index in [1.165, 1.54) is 0 Å². The Morgan fingerprint density at radius 1 is 1.08 bits per heavy atom. The third-order valence-electron chi connectivity index (χ3n) is 4.78. The van der Waals surface area contributed by atoms with Crippen LogP contribution >= 0.6 is 34.2 Å². The second kappa shape index (κ2) is 6.70. The van der Waals surface area contributed by atoms with Gasteiger partial charge in [-0.25, -0.2) is 0 Å². The molecule has 4 nitrogen and oxygen atoms in total. The lowest BCUT2D eigenvalue weighted by molar-refractivity contribution is -0.121. The van der Waals surface area contributed by atoms with Gasteiger partial charge in [-0.1, -0.05) is 23.7 Å². The molecule has 1 fully saturated rings. The van der Waals surface area contributed by atoms with Gasteiger partial charge in [-0.15, -0.1) is 0 Å². The van der Waals surface area contributed by atoms with Crippen LogP contribution in [0.25, 0.3) is 0 Å². The zero-order chi connectivity index (χ0) is 17.4. The molecule has 2 N–H and O–H groups in total. The molecular weight excluding hydrogens is 449 g/mol. The summed E-state index contributed by atoms with van der Waals surface area (Å²) in [6.45, 7) is 1.57. The minimum atomic E-state index is -0.727. The zero-order valence-electron chi connectivity index (χ0n) is 13.5. The average molecular weight is 466 g/mol. The lowest BCUT2D eigenvalue weighted by Crippen LogP contribution is -2.49. The number of hydrogen-bond acceptors (Lipinski definition) is 3. The minimum Gasteiger partial charge on any atom is -0.323 e. The molecule has 0 saturated carbocycles. The summed E-state index contributed by atoms with van der Waals surface area (Å²) in [5, 5.41) is 7.03. The van der Waals surface area contributed by atoms with Crippen LogP contribution in [0.2, 0.25) is 5.02 Å². The highest BCUT2D eigenvalue weighted by Gasteiger charge is 2.42. The van der Waals surface area contributed by atoms with Gasteiger partial charge in [0.05, 0.1) is 11.4 Å². The fraction of sp³-hybridized carbons (Fsp3) is 0.263. The van der Waals surface area contributed by atoms with Crippen LogP contribution in [0.15, 0.2) is 47.5 Å². The predicted molar refractivity (Wildman–Crippen MR) is 110 cm³/mol. The first-order valence-corrected chi connectivity index (χ1v) is 9.71. The van der Waals surface area contributed by atoms with E-state index in [-0.39, 0.29) is 5.91 Å². The number of benzene rings is 2. The van der Waals surface area contributed by atoms with Gasteiger partial charge in [0.25, 0.3) is 5.91 Å². The second-order valence-electron chi connectivity index (χ2n) is 6.39. The number of fused-ring (bicyclic) bond motifs is 1. The van der Waals surface area contributed by atoms with Crippen molar-refractivity contribution in [3.05, 3.63) is 62.2 Å². The summed E-state index contributed by atoms with van der Waals surface area (Å²) < 4.78 is 1.16. The number of halogens is 2. The number of amides is 1. The van der Waals surface area contributed by atoms with Crippen LogP contribution in [-0.4, -0.2) is 30.2 Å². The van der Waals surface area contributed by atoms with Gasteiger partial charge in [0.2, 0.25) is 0 Å². The molecule has 128 valence electrons. The number of piperidine rings is 1. The molecular formula is C19H17ClIN3O. The summed E-state index contributed by atoms with van der Waals surface area (Å²) in [5.41, 5.74) is 2.74. The number of hydrogen-bond donors (Lipinski definition) is 2. The molecule has 1 spiro atoms. The fourth-order valence-electron chi connectivity index (χ4n) is 3.39. The Balaban J connectivity index is 1.93. The van der Waals surface area contributed by atoms with Crippen LogP contribution in [0.4, 0.5) is 5.69 Å². The highest BCUT2D eigenvalue weighted by Crippen LogP contribution is 2.34. The Hall–Kier alpha value is -1.44. The first-order chi connectivity index (χ1) is 12.1. The lowest BCUT2D eigenvalue weighted by atomic mass is 9.87. The Kier molecular flexibility index (Phi) is 4.56. The van der Waals surface area contributed by atoms with Crippen LogP contribution < -0.4 is 10.6 Å². The summed E-state index contributed by atoms with van der Waals surface area (Å²) in [6.07, 6.45) is 1.38. The van der Waals surface area contributed by atoms with Crippen molar-refractivity contribution in [3.8, 4) is 0 Å². The van der Waals surface area contributed by atoms with Crippen molar-refractivity contribution >= 4 is 51.5 Å². The van der Waals surface area contributed by atoms with E-state index in [4.69, 9.17) is 16.6 Å². The number of nitrogens with one attached hydrogen (secondary N) is 2. The topological polar surface area (TPSA) is 53.5 Å². The van der Waals surface area contributed by atoms with Crippen LogP contribution in [0.5, 0.6) is 0 Å². The molecule has 1 amide bonds. The molecule has 25 heavy (non-hydrogen) atoms. The predicted octanol–water partition coefficient (Wildman–Crippen LogP) is 3.86. The number of nitrogens with zero attached hydrogens (tertiary/aromatic N) is 1. The van der Waals surface area contributed by atoms with Gasteiger partial charge in [0, 0.05) is 19.7 Å². The van der Waals surface area contributed by atoms with E-state index in [0.717, 1.165) is 39.2 Å². The summed E-state index contributed by atoms with van der Waals surface area (Å²) >= 11 is 8.53. The van der Waals surface area contributed by atoms with Gasteiger partial charge in [0.1, 0.15) is 5.54 Å². The third kappa shape index (κ3) is 3.20. The summed E-state index contributed by atoms with van der Waals surface area (Å²) in [6, 6.07) is 13.8. The molecule has 2 aromatic rings. The van der Waals surface area contributed by atoms with E-state index in [1.807, 2.05) is 12.1 Å². The second-order valence-corrected chi connectivity index (χ2v) is 8.07. The smallest absolute Gasteiger partial charge is 0.252 e. The molecule has 0 aromatic heterocycles. The van der Waals surface area contributed by atoms with Crippen molar-refractivity contribution in [3.63, 3.8) is 0 Å². The van der Waals surface area contributed by atoms with Gasteiger partial charge < -0.3 is 10.6 Å². The molecule has 1 saturated heterocycles. The van der Waals surface area contributed by atoms with E-state index in [2.05, 4.69) is 57.5 Å². The van der Waals surface area contributed by atoms with Gasteiger partial charge >= 0.3 is 0 Å². The average Bonchev–Trinajstić information content (AvgIpc) is 2.73. The van der Waals surface area contributed by atoms with E-state index in [0.29, 0.717) is 17.9 Å². The van der Waals surface area contributed by atoms with Crippen molar-refractivity contribution in [2.45, 2.75) is 18.4 Å². The molecule has 2 aliphatic rings. The van der Waals surface area contributed by atoms with Crippen molar-refractivity contribution in [2.24, 2.45) is 4.99 Å². The third-order valence-corrected chi connectivity index (χ3v) is 5.74. The SMILES string of the molecule is O=C1Nc2ccc(Cl)cc2C(c2ccc(I)cc2)=NC12CCNCC2. The van der Waals surface area contributed by atoms with Crippen LogP contribution in [0.3, 0.4) is 0 Å². The summed E-state index contributed by atoms with van der Waals surface area (Å²) in [4.78, 5) is 18.0. The number of rotatable bonds is 1. The maximum absolute atomic E-state index is 13.0. The maximum atomic E-state index is 13.0. The minimum absolute atomic E-state index is 0.0296. The first-order valence-electron chi connectivity index (χ1n) is 8.25. The number of carbonyl (C=O) groups is 1. The maximum Gasteiger partial charge on any atom is 0.252 e. The monoisotopic (exact) mass is 465 g/mol. The van der Waals surface area contributed by atoms with Crippen molar-refractivity contribution < 1.29 is 4.79 Å². The van der Waals surface area contributed by atoms with Gasteiger partial charge in [-0.05, 0) is 78.9 Å². The molecule has 0 aliphatic carbocycles. The Labute approximate surface area is 165 Å². The Morgan fingerprint density at radius 3 is 2.52 bits per heavy atom. The highest BCUT2D eigenvalue weighted by atomic mass is 127. The van der Waals surface area contributed by atoms with E-state index >= 15 is 0 Å². The Bertz CT molecular complexity index is 857. The van der Waals surface area contributed by atoms with Crippen LogP contribution in [-0.2, 0) is 4.79 Å². The number of aliphatic imine (C=N–C) groups is 1. The van der Waals surface area contributed by atoms with Crippen LogP contribution in [0, 0.1) is 3.57 Å². The fourth-order valence-corrected chi connectivity index (χ4v) is 3.92. The Morgan fingerprint density at radius 2 is 1.80 bits per heavy atom. The van der Waals surface area contributed by atoms with Crippen molar-refractivity contribution in [2.75, 3.05) is 18.4 Å². The quantitative estimate of drug-likeness (QED) is 0.629. The molecule has 0 atom stereocenters. The van der Waals surface area contributed by atoms with Crippen LogP contribution in [0.1, 0.15) is 24.0 Å². The molecule has 6 heteroatoms. The molecule has 0 radical (unpaired) electrons. The highest BCUT2D eigenvalue weighted by molar-refractivity contribution is 14.1. The zero-order valence-corrected chi connectivity index (χ0v) is 16.4. The normalized spacial score (nSPS) is 19.0. The number of anilines is 1. The summed E-state index contributed by atoms with van der Waals surface area (Å²) in [5.74, 6) is -0.0296. The van der Waals surface area contributed by atoms with Gasteiger partial charge in [0.15, 0.2) is 0 Å². The standard InChI is InChI=1S/C19H17ClIN3O/c20-13-3-6-16-15(11-13)17(12-1-4-14(21)5-2-12)24-19(18(25)23-16)7-9-22-10-8-19/h1-6,11,22H,7-10H2,(H,23,25). The lowest BCUT2D eigenvalue weighted by Gasteiger charge is -2.32. The molecule has 2 aliphatic heterocycles. The van der Waals surface area contributed by atoms with E-state index in [1.54, 1.807) is 6.07 Å². The number of carbonyl (C=O) groups excluding carboxylic acids is 1.